The Labute approximate surface area is 160 Å². The van der Waals surface area contributed by atoms with Crippen LogP contribution in [0, 0.1) is 6.92 Å². The van der Waals surface area contributed by atoms with Crippen LogP contribution in [0.5, 0.6) is 0 Å². The molecule has 1 amide bonds. The molecule has 3 aromatic heterocycles. The van der Waals surface area contributed by atoms with E-state index in [1.807, 2.05) is 55.5 Å². The minimum atomic E-state index is -0.270. The van der Waals surface area contributed by atoms with Gasteiger partial charge in [-0.25, -0.2) is 10.4 Å². The van der Waals surface area contributed by atoms with Crippen LogP contribution in [0.15, 0.2) is 72.1 Å². The Kier molecular flexibility index (Phi) is 4.72. The maximum absolute atomic E-state index is 12.8. The molecule has 0 saturated carbocycles. The van der Waals surface area contributed by atoms with E-state index in [-0.39, 0.29) is 5.91 Å². The highest BCUT2D eigenvalue weighted by molar-refractivity contribution is 7.13. The van der Waals surface area contributed by atoms with Crippen LogP contribution in [0.1, 0.15) is 20.1 Å². The number of para-hydroxylation sites is 1. The highest BCUT2D eigenvalue weighted by Crippen LogP contribution is 2.24. The molecule has 5 nitrogen and oxygen atoms in total. The maximum Gasteiger partial charge on any atom is 0.272 e. The third-order valence-electron chi connectivity index (χ3n) is 4.06. The Balaban J connectivity index is 1.69. The fraction of sp³-hybridized carbons (Fsp3) is 0.0476. The molecule has 0 fully saturated rings. The molecule has 4 aromatic rings. The van der Waals surface area contributed by atoms with Crippen molar-refractivity contribution in [2.75, 3.05) is 0 Å². The highest BCUT2D eigenvalue weighted by Gasteiger charge is 2.13. The number of carbonyl (C=O) groups is 1. The van der Waals surface area contributed by atoms with Gasteiger partial charge in [-0.3, -0.25) is 9.78 Å². The number of rotatable bonds is 4. The number of nitrogens with zero attached hydrogens (tertiary/aromatic N) is 3. The zero-order chi connectivity index (χ0) is 18.6. The summed E-state index contributed by atoms with van der Waals surface area (Å²) in [7, 11) is 0. The van der Waals surface area contributed by atoms with E-state index >= 15 is 0 Å². The molecule has 4 rings (SSSR count). The third-order valence-corrected chi connectivity index (χ3v) is 4.99. The van der Waals surface area contributed by atoms with Crippen molar-refractivity contribution in [1.29, 1.82) is 0 Å². The minimum Gasteiger partial charge on any atom is -0.267 e. The molecule has 0 saturated heterocycles. The minimum absolute atomic E-state index is 0.270. The number of pyridine rings is 2. The fourth-order valence-corrected chi connectivity index (χ4v) is 3.52. The second-order valence-corrected chi connectivity index (χ2v) is 7.28. The van der Waals surface area contributed by atoms with Crippen molar-refractivity contribution in [3.63, 3.8) is 0 Å². The van der Waals surface area contributed by atoms with Gasteiger partial charge in [0.15, 0.2) is 0 Å². The molecule has 1 N–H and O–H groups in total. The number of aromatic nitrogens is 2. The van der Waals surface area contributed by atoms with Gasteiger partial charge in [0.05, 0.1) is 23.0 Å². The molecule has 3 heterocycles. The van der Waals surface area contributed by atoms with Crippen LogP contribution in [0.4, 0.5) is 0 Å². The lowest BCUT2D eigenvalue weighted by Gasteiger charge is -2.08. The molecule has 0 atom stereocenters. The monoisotopic (exact) mass is 372 g/mol. The lowest BCUT2D eigenvalue weighted by Crippen LogP contribution is -2.18. The molecule has 0 bridgehead atoms. The predicted octanol–water partition coefficient (Wildman–Crippen LogP) is 4.43. The zero-order valence-electron chi connectivity index (χ0n) is 14.6. The van der Waals surface area contributed by atoms with Crippen LogP contribution in [0.25, 0.3) is 22.2 Å². The summed E-state index contributed by atoms with van der Waals surface area (Å²) in [6.07, 6.45) is 5.07. The van der Waals surface area contributed by atoms with E-state index in [9.17, 15) is 4.79 Å². The summed E-state index contributed by atoms with van der Waals surface area (Å²) >= 11 is 1.62. The first-order valence-electron chi connectivity index (χ1n) is 8.41. The Bertz CT molecular complexity index is 1140. The van der Waals surface area contributed by atoms with Crippen LogP contribution in [0.3, 0.4) is 0 Å². The van der Waals surface area contributed by atoms with Gasteiger partial charge in [-0.05, 0) is 43.3 Å². The second-order valence-electron chi connectivity index (χ2n) is 5.96. The Hall–Kier alpha value is -3.38. The molecule has 1 aromatic carbocycles. The lowest BCUT2D eigenvalue weighted by molar-refractivity contribution is 0.0957. The first-order chi connectivity index (χ1) is 13.2. The molecule has 6 heteroatoms. The lowest BCUT2D eigenvalue weighted by atomic mass is 10.0. The number of hydrogen-bond acceptors (Lipinski definition) is 5. The molecular weight excluding hydrogens is 356 g/mol. The molecule has 0 aliphatic carbocycles. The van der Waals surface area contributed by atoms with E-state index in [1.165, 1.54) is 4.88 Å². The van der Waals surface area contributed by atoms with Crippen molar-refractivity contribution in [2.24, 2.45) is 5.10 Å². The standard InChI is InChI=1S/C21H16N4OS/c1-14-6-7-16(27-14)13-23-25-21(26)18-12-20(15-8-10-22-11-9-15)24-19-5-3-2-4-17(18)19/h2-13H,1H3,(H,25,26)/b23-13-. The van der Waals surface area contributed by atoms with E-state index in [0.717, 1.165) is 27.0 Å². The molecule has 27 heavy (non-hydrogen) atoms. The van der Waals surface area contributed by atoms with E-state index in [0.29, 0.717) is 5.56 Å². The second kappa shape index (κ2) is 7.47. The average Bonchev–Trinajstić information content (AvgIpc) is 3.12. The Morgan fingerprint density at radius 1 is 1.11 bits per heavy atom. The number of thiophene rings is 1. The summed E-state index contributed by atoms with van der Waals surface area (Å²) in [6, 6.07) is 17.1. The van der Waals surface area contributed by atoms with Crippen LogP contribution in [-0.4, -0.2) is 22.1 Å². The molecule has 0 radical (unpaired) electrons. The molecule has 0 aliphatic rings. The number of amides is 1. The average molecular weight is 372 g/mol. The topological polar surface area (TPSA) is 67.2 Å². The van der Waals surface area contributed by atoms with E-state index in [4.69, 9.17) is 0 Å². The summed E-state index contributed by atoms with van der Waals surface area (Å²) in [5.41, 5.74) is 5.54. The van der Waals surface area contributed by atoms with Gasteiger partial charge in [-0.15, -0.1) is 11.3 Å². The number of hydrogen-bond donors (Lipinski definition) is 1. The van der Waals surface area contributed by atoms with Gasteiger partial charge >= 0.3 is 0 Å². The van der Waals surface area contributed by atoms with Gasteiger partial charge in [0.1, 0.15) is 0 Å². The summed E-state index contributed by atoms with van der Waals surface area (Å²) in [4.78, 5) is 23.7. The van der Waals surface area contributed by atoms with Crippen LogP contribution in [0.2, 0.25) is 0 Å². The van der Waals surface area contributed by atoms with Crippen molar-refractivity contribution in [1.82, 2.24) is 15.4 Å². The summed E-state index contributed by atoms with van der Waals surface area (Å²) in [5.74, 6) is -0.270. The fourth-order valence-electron chi connectivity index (χ4n) is 2.77. The van der Waals surface area contributed by atoms with Gasteiger partial charge in [0, 0.05) is 33.1 Å². The normalized spacial score (nSPS) is 11.1. The molecule has 0 unspecified atom stereocenters. The van der Waals surface area contributed by atoms with Crippen molar-refractivity contribution >= 4 is 34.4 Å². The largest absolute Gasteiger partial charge is 0.272 e. The number of carbonyl (C=O) groups excluding carboxylic acids is 1. The molecule has 132 valence electrons. The van der Waals surface area contributed by atoms with Gasteiger partial charge in [-0.2, -0.15) is 5.10 Å². The summed E-state index contributed by atoms with van der Waals surface area (Å²) in [6.45, 7) is 2.03. The number of hydrazone groups is 1. The van der Waals surface area contributed by atoms with Crippen LogP contribution in [-0.2, 0) is 0 Å². The highest BCUT2D eigenvalue weighted by atomic mass is 32.1. The number of fused-ring (bicyclic) bond motifs is 1. The summed E-state index contributed by atoms with van der Waals surface area (Å²) < 4.78 is 0. The van der Waals surface area contributed by atoms with Gasteiger partial charge < -0.3 is 0 Å². The number of nitrogens with one attached hydrogen (secondary N) is 1. The van der Waals surface area contributed by atoms with E-state index < -0.39 is 0 Å². The third kappa shape index (κ3) is 3.75. The SMILES string of the molecule is Cc1ccc(/C=N\NC(=O)c2cc(-c3ccncc3)nc3ccccc23)s1. The van der Waals surface area contributed by atoms with Crippen LogP contribution < -0.4 is 5.43 Å². The van der Waals surface area contributed by atoms with Crippen molar-refractivity contribution in [2.45, 2.75) is 6.92 Å². The van der Waals surface area contributed by atoms with Gasteiger partial charge in [0.25, 0.3) is 5.91 Å². The van der Waals surface area contributed by atoms with E-state index in [1.54, 1.807) is 36.0 Å². The maximum atomic E-state index is 12.8. The molecular formula is C21H16N4OS. The zero-order valence-corrected chi connectivity index (χ0v) is 15.4. The summed E-state index contributed by atoms with van der Waals surface area (Å²) in [5, 5.41) is 4.88. The van der Waals surface area contributed by atoms with Gasteiger partial charge in [-0.1, -0.05) is 18.2 Å². The molecule has 0 aliphatic heterocycles. The van der Waals surface area contributed by atoms with Crippen molar-refractivity contribution < 1.29 is 4.79 Å². The predicted molar refractivity (Wildman–Crippen MR) is 109 cm³/mol. The van der Waals surface area contributed by atoms with Crippen molar-refractivity contribution in [3.8, 4) is 11.3 Å². The molecule has 0 spiro atoms. The van der Waals surface area contributed by atoms with Gasteiger partial charge in [0.2, 0.25) is 0 Å². The number of benzene rings is 1. The smallest absolute Gasteiger partial charge is 0.267 e. The first-order valence-corrected chi connectivity index (χ1v) is 9.22. The quantitative estimate of drug-likeness (QED) is 0.426. The number of aryl methyl sites for hydroxylation is 1. The first kappa shape index (κ1) is 17.1. The van der Waals surface area contributed by atoms with E-state index in [2.05, 4.69) is 20.5 Å². The van der Waals surface area contributed by atoms with Crippen LogP contribution >= 0.6 is 11.3 Å². The Morgan fingerprint density at radius 3 is 2.70 bits per heavy atom. The van der Waals surface area contributed by atoms with Crippen molar-refractivity contribution in [3.05, 3.63) is 82.3 Å². The Morgan fingerprint density at radius 2 is 1.93 bits per heavy atom.